The van der Waals surface area contributed by atoms with Gasteiger partial charge in [-0.3, -0.25) is 19.9 Å². The second-order valence-corrected chi connectivity index (χ2v) is 8.21. The average Bonchev–Trinajstić information content (AvgIpc) is 3.19. The summed E-state index contributed by atoms with van der Waals surface area (Å²) in [6, 6.07) is 6.51. The first-order valence-electron chi connectivity index (χ1n) is 8.50. The van der Waals surface area contributed by atoms with Crippen LogP contribution in [0.3, 0.4) is 0 Å². The molecule has 0 spiro atoms. The molecule has 4 amide bonds. The lowest BCUT2D eigenvalue weighted by Gasteiger charge is -2.29. The lowest BCUT2D eigenvalue weighted by atomic mass is 9.95. The predicted molar refractivity (Wildman–Crippen MR) is 101 cm³/mol. The number of nitrogens with one attached hydrogen (secondary N) is 1. The van der Waals surface area contributed by atoms with Crippen molar-refractivity contribution in [1.82, 2.24) is 5.32 Å². The van der Waals surface area contributed by atoms with Gasteiger partial charge in [0.25, 0.3) is 5.91 Å². The van der Waals surface area contributed by atoms with E-state index in [0.29, 0.717) is 11.6 Å². The smallest absolute Gasteiger partial charge is 0.293 e. The normalized spacial score (nSPS) is 31.9. The summed E-state index contributed by atoms with van der Waals surface area (Å²) in [5.41, 5.74) is 0.453. The molecule has 1 aromatic rings. The van der Waals surface area contributed by atoms with Crippen LogP contribution in [0.4, 0.5) is 10.5 Å². The molecule has 2 bridgehead atoms. The van der Waals surface area contributed by atoms with Crippen LogP contribution >= 0.6 is 22.6 Å². The molecule has 130 valence electrons. The maximum atomic E-state index is 12.7. The fraction of sp³-hybridized carbons (Fsp3) is 0.444. The van der Waals surface area contributed by atoms with Crippen LogP contribution in [0.1, 0.15) is 25.7 Å². The van der Waals surface area contributed by atoms with E-state index in [9.17, 15) is 14.4 Å². The molecule has 2 aliphatic carbocycles. The summed E-state index contributed by atoms with van der Waals surface area (Å²) in [5.74, 6) is -0.855. The highest BCUT2D eigenvalue weighted by Crippen LogP contribution is 2.45. The predicted octanol–water partition coefficient (Wildman–Crippen LogP) is 2.75. The third-order valence-corrected chi connectivity index (χ3v) is 6.13. The molecule has 25 heavy (non-hydrogen) atoms. The minimum atomic E-state index is -1.05. The summed E-state index contributed by atoms with van der Waals surface area (Å²) in [7, 11) is 0. The zero-order valence-electron chi connectivity index (χ0n) is 13.5. The first-order chi connectivity index (χ1) is 12.0. The van der Waals surface area contributed by atoms with Crippen LogP contribution in [0.15, 0.2) is 29.3 Å². The molecule has 0 radical (unpaired) electrons. The van der Waals surface area contributed by atoms with Crippen LogP contribution in [-0.2, 0) is 9.59 Å². The van der Waals surface area contributed by atoms with Crippen molar-refractivity contribution in [2.75, 3.05) is 4.90 Å². The molecule has 1 heterocycles. The highest BCUT2D eigenvalue weighted by Gasteiger charge is 2.42. The van der Waals surface area contributed by atoms with Crippen molar-refractivity contribution in [3.05, 3.63) is 27.8 Å². The number of amides is 4. The number of fused-ring (bicyclic) bond motifs is 2. The lowest BCUT2D eigenvalue weighted by molar-refractivity contribution is -0.131. The Morgan fingerprint density at radius 2 is 1.88 bits per heavy atom. The van der Waals surface area contributed by atoms with Crippen molar-refractivity contribution < 1.29 is 14.4 Å². The summed E-state index contributed by atoms with van der Waals surface area (Å²) >= 11 is 2.15. The van der Waals surface area contributed by atoms with E-state index in [4.69, 9.17) is 0 Å². The van der Waals surface area contributed by atoms with E-state index in [1.165, 1.54) is 25.5 Å². The molecule has 1 aliphatic heterocycles. The number of benzene rings is 1. The fourth-order valence-electron chi connectivity index (χ4n) is 4.15. The molecule has 4 atom stereocenters. The molecule has 1 saturated heterocycles. The molecular formula is C18H18IN3O3. The van der Waals surface area contributed by atoms with Crippen molar-refractivity contribution in [2.24, 2.45) is 22.7 Å². The zero-order valence-corrected chi connectivity index (χ0v) is 15.7. The molecule has 3 fully saturated rings. The fourth-order valence-corrected chi connectivity index (χ4v) is 4.51. The Bertz CT molecular complexity index is 761. The van der Waals surface area contributed by atoms with Crippen LogP contribution in [0, 0.1) is 21.3 Å². The third-order valence-electron chi connectivity index (χ3n) is 5.41. The van der Waals surface area contributed by atoms with Gasteiger partial charge >= 0.3 is 6.03 Å². The largest absolute Gasteiger partial charge is 0.335 e. The number of rotatable bonds is 3. The number of carbonyl (C=O) groups is 3. The summed E-state index contributed by atoms with van der Waals surface area (Å²) in [4.78, 5) is 42.6. The molecule has 0 aromatic heterocycles. The summed E-state index contributed by atoms with van der Waals surface area (Å²) in [5, 5.41) is 2.27. The van der Waals surface area contributed by atoms with Gasteiger partial charge in [0.15, 0.2) is 5.92 Å². The van der Waals surface area contributed by atoms with Crippen molar-refractivity contribution >= 4 is 52.3 Å². The van der Waals surface area contributed by atoms with E-state index in [1.807, 2.05) is 12.1 Å². The Hall–Kier alpha value is -1.77. The summed E-state index contributed by atoms with van der Waals surface area (Å²) in [6.07, 6.45) is 6.16. The summed E-state index contributed by atoms with van der Waals surface area (Å²) in [6.45, 7) is 0. The Morgan fingerprint density at radius 3 is 2.52 bits per heavy atom. The van der Waals surface area contributed by atoms with Crippen LogP contribution in [0.25, 0.3) is 0 Å². The lowest BCUT2D eigenvalue weighted by Crippen LogP contribution is -2.58. The molecule has 7 heteroatoms. The molecule has 4 rings (SSSR count). The van der Waals surface area contributed by atoms with E-state index in [2.05, 4.69) is 32.9 Å². The standard InChI is InChI=1S/C18H18IN3O3/c19-12-3-5-13(6-4-12)22-17(24)14(16(23)21-18(22)25)9-20-15-8-10-1-2-11(15)7-10/h3-6,9-11,14-15H,1-2,7-8H2,(H,21,23,25)/t10-,11-,14+,15+/m0/s1. The van der Waals surface area contributed by atoms with Gasteiger partial charge in [0.1, 0.15) is 0 Å². The number of hydrogen-bond acceptors (Lipinski definition) is 4. The van der Waals surface area contributed by atoms with Gasteiger partial charge in [0.2, 0.25) is 5.91 Å². The number of barbiturate groups is 1. The molecular weight excluding hydrogens is 433 g/mol. The number of nitrogens with zero attached hydrogens (tertiary/aromatic N) is 2. The van der Waals surface area contributed by atoms with E-state index in [-0.39, 0.29) is 6.04 Å². The molecule has 1 N–H and O–H groups in total. The minimum Gasteiger partial charge on any atom is -0.293 e. The van der Waals surface area contributed by atoms with E-state index in [0.717, 1.165) is 20.8 Å². The van der Waals surface area contributed by atoms with Crippen molar-refractivity contribution in [3.63, 3.8) is 0 Å². The second kappa shape index (κ2) is 6.51. The van der Waals surface area contributed by atoms with Gasteiger partial charge in [0, 0.05) is 9.78 Å². The maximum Gasteiger partial charge on any atom is 0.335 e. The van der Waals surface area contributed by atoms with Crippen molar-refractivity contribution in [3.8, 4) is 0 Å². The topological polar surface area (TPSA) is 78.8 Å². The highest BCUT2D eigenvalue weighted by atomic mass is 127. The number of anilines is 1. The van der Waals surface area contributed by atoms with Gasteiger partial charge in [-0.05, 0) is 78.0 Å². The molecule has 6 nitrogen and oxygen atoms in total. The first-order valence-corrected chi connectivity index (χ1v) is 9.58. The Kier molecular flexibility index (Phi) is 4.35. The maximum absolute atomic E-state index is 12.7. The molecule has 1 aromatic carbocycles. The van der Waals surface area contributed by atoms with E-state index >= 15 is 0 Å². The third kappa shape index (κ3) is 3.09. The van der Waals surface area contributed by atoms with Gasteiger partial charge in [-0.1, -0.05) is 6.42 Å². The molecule has 0 unspecified atom stereocenters. The molecule has 3 aliphatic rings. The van der Waals surface area contributed by atoms with Crippen LogP contribution in [-0.4, -0.2) is 30.1 Å². The number of imide groups is 2. The van der Waals surface area contributed by atoms with Gasteiger partial charge in [0.05, 0.1) is 11.7 Å². The monoisotopic (exact) mass is 451 g/mol. The van der Waals surface area contributed by atoms with E-state index in [1.54, 1.807) is 12.1 Å². The van der Waals surface area contributed by atoms with Gasteiger partial charge in [-0.15, -0.1) is 0 Å². The first kappa shape index (κ1) is 16.7. The number of carbonyl (C=O) groups excluding carboxylic acids is 3. The number of halogens is 1. The number of hydrogen-bond donors (Lipinski definition) is 1. The summed E-state index contributed by atoms with van der Waals surface area (Å²) < 4.78 is 0.997. The van der Waals surface area contributed by atoms with Gasteiger partial charge in [-0.25, -0.2) is 9.69 Å². The van der Waals surface area contributed by atoms with Gasteiger partial charge in [-0.2, -0.15) is 0 Å². The number of urea groups is 1. The average molecular weight is 451 g/mol. The van der Waals surface area contributed by atoms with Crippen LogP contribution in [0.5, 0.6) is 0 Å². The second-order valence-electron chi connectivity index (χ2n) is 6.96. The van der Waals surface area contributed by atoms with E-state index < -0.39 is 23.8 Å². The molecule has 2 saturated carbocycles. The quantitative estimate of drug-likeness (QED) is 0.436. The van der Waals surface area contributed by atoms with Crippen LogP contribution in [0.2, 0.25) is 0 Å². The Labute approximate surface area is 159 Å². The Morgan fingerprint density at radius 1 is 1.12 bits per heavy atom. The van der Waals surface area contributed by atoms with Gasteiger partial charge < -0.3 is 0 Å². The minimum absolute atomic E-state index is 0.212. The van der Waals surface area contributed by atoms with Crippen LogP contribution < -0.4 is 10.2 Å². The van der Waals surface area contributed by atoms with Crippen molar-refractivity contribution in [1.29, 1.82) is 0 Å². The highest BCUT2D eigenvalue weighted by molar-refractivity contribution is 14.1. The Balaban J connectivity index is 1.55. The number of aliphatic imine (C=N–C) groups is 1. The SMILES string of the molecule is O=C1NC(=O)N(c2ccc(I)cc2)C(=O)[C@@H]1C=N[C@@H]1C[C@H]2CC[C@H]1C2. The van der Waals surface area contributed by atoms with Crippen molar-refractivity contribution in [2.45, 2.75) is 31.7 Å². The zero-order chi connectivity index (χ0) is 17.6.